The average Bonchev–Trinajstić information content (AvgIpc) is 2.71. The van der Waals surface area contributed by atoms with Gasteiger partial charge in [-0.15, -0.1) is 0 Å². The molecule has 0 bridgehead atoms. The van der Waals surface area contributed by atoms with E-state index in [4.69, 9.17) is 10.5 Å². The van der Waals surface area contributed by atoms with Gasteiger partial charge in [0.05, 0.1) is 5.69 Å². The first kappa shape index (κ1) is 12.3. The highest BCUT2D eigenvalue weighted by Gasteiger charge is 2.10. The van der Waals surface area contributed by atoms with Crippen molar-refractivity contribution in [2.24, 2.45) is 0 Å². The van der Waals surface area contributed by atoms with E-state index in [-0.39, 0.29) is 0 Å². The van der Waals surface area contributed by atoms with Crippen LogP contribution in [0, 0.1) is 6.92 Å². The predicted molar refractivity (Wildman–Crippen MR) is 72.7 cm³/mol. The van der Waals surface area contributed by atoms with E-state index in [1.54, 1.807) is 0 Å². The second-order valence-corrected chi connectivity index (χ2v) is 5.20. The Bertz CT molecular complexity index is 518. The molecule has 2 N–H and O–H groups in total. The molecule has 0 spiro atoms. The van der Waals surface area contributed by atoms with Crippen molar-refractivity contribution < 1.29 is 4.74 Å². The van der Waals surface area contributed by atoms with Crippen LogP contribution in [0.15, 0.2) is 16.6 Å². The number of halogens is 1. The normalized spacial score (nSPS) is 10.5. The van der Waals surface area contributed by atoms with Gasteiger partial charge in [0.15, 0.2) is 5.75 Å². The molecular formula is C11H12BrN3OS. The Morgan fingerprint density at radius 3 is 2.82 bits per heavy atom. The van der Waals surface area contributed by atoms with Crippen molar-refractivity contribution >= 4 is 33.1 Å². The molecule has 1 heterocycles. The molecule has 17 heavy (non-hydrogen) atoms. The lowest BCUT2D eigenvalue weighted by atomic mass is 10.2. The van der Waals surface area contributed by atoms with Crippen LogP contribution in [-0.4, -0.2) is 9.36 Å². The molecule has 0 aliphatic carbocycles. The van der Waals surface area contributed by atoms with Gasteiger partial charge in [0.25, 0.3) is 5.19 Å². The average molecular weight is 314 g/mol. The molecule has 0 amide bonds. The molecule has 0 unspecified atom stereocenters. The summed E-state index contributed by atoms with van der Waals surface area (Å²) in [6, 6.07) is 3.76. The summed E-state index contributed by atoms with van der Waals surface area (Å²) in [5, 5.41) is 0.527. The van der Waals surface area contributed by atoms with Crippen LogP contribution >= 0.6 is 27.5 Å². The lowest BCUT2D eigenvalue weighted by molar-refractivity contribution is 0.476. The smallest absolute Gasteiger partial charge is 0.298 e. The van der Waals surface area contributed by atoms with Crippen LogP contribution in [0.4, 0.5) is 5.69 Å². The van der Waals surface area contributed by atoms with Crippen LogP contribution in [0.2, 0.25) is 0 Å². The third-order valence-electron chi connectivity index (χ3n) is 2.22. The summed E-state index contributed by atoms with van der Waals surface area (Å²) < 4.78 is 10.8. The van der Waals surface area contributed by atoms with E-state index in [0.29, 0.717) is 16.6 Å². The third-order valence-corrected chi connectivity index (χ3v) is 3.31. The summed E-state index contributed by atoms with van der Waals surface area (Å²) in [5.74, 6) is 1.44. The molecule has 2 aromatic rings. The second-order valence-electron chi connectivity index (χ2n) is 3.57. The van der Waals surface area contributed by atoms with Gasteiger partial charge >= 0.3 is 0 Å². The maximum Gasteiger partial charge on any atom is 0.298 e. The third kappa shape index (κ3) is 2.76. The first-order valence-electron chi connectivity index (χ1n) is 5.16. The predicted octanol–water partition coefficient (Wildman–Crippen LogP) is 3.55. The van der Waals surface area contributed by atoms with Gasteiger partial charge in [-0.05, 0) is 24.6 Å². The van der Waals surface area contributed by atoms with Gasteiger partial charge in [0.2, 0.25) is 0 Å². The van der Waals surface area contributed by atoms with Crippen molar-refractivity contribution in [3.8, 4) is 10.9 Å². The Morgan fingerprint density at radius 2 is 2.24 bits per heavy atom. The van der Waals surface area contributed by atoms with Crippen molar-refractivity contribution in [1.82, 2.24) is 9.36 Å². The number of benzene rings is 1. The molecular weight excluding hydrogens is 302 g/mol. The molecule has 0 atom stereocenters. The zero-order valence-electron chi connectivity index (χ0n) is 9.53. The van der Waals surface area contributed by atoms with Gasteiger partial charge in [-0.25, -0.2) is 0 Å². The Kier molecular flexibility index (Phi) is 3.63. The number of anilines is 1. The number of aromatic nitrogens is 2. The zero-order chi connectivity index (χ0) is 12.4. The number of rotatable bonds is 3. The van der Waals surface area contributed by atoms with E-state index >= 15 is 0 Å². The highest BCUT2D eigenvalue weighted by Crippen LogP contribution is 2.34. The van der Waals surface area contributed by atoms with Gasteiger partial charge in [0, 0.05) is 22.4 Å². The van der Waals surface area contributed by atoms with Gasteiger partial charge in [0.1, 0.15) is 5.82 Å². The summed E-state index contributed by atoms with van der Waals surface area (Å²) in [7, 11) is 0. The molecule has 6 heteroatoms. The van der Waals surface area contributed by atoms with E-state index < -0.39 is 0 Å². The van der Waals surface area contributed by atoms with E-state index in [1.807, 2.05) is 26.0 Å². The Morgan fingerprint density at radius 1 is 1.47 bits per heavy atom. The van der Waals surface area contributed by atoms with Crippen molar-refractivity contribution in [1.29, 1.82) is 0 Å². The molecule has 4 nitrogen and oxygen atoms in total. The minimum atomic E-state index is 0.527. The Hall–Kier alpha value is -1.14. The van der Waals surface area contributed by atoms with E-state index in [1.165, 1.54) is 11.5 Å². The molecule has 0 aliphatic rings. The van der Waals surface area contributed by atoms with Crippen molar-refractivity contribution in [3.63, 3.8) is 0 Å². The summed E-state index contributed by atoms with van der Waals surface area (Å²) >= 11 is 4.63. The molecule has 1 aromatic heterocycles. The summed E-state index contributed by atoms with van der Waals surface area (Å²) in [4.78, 5) is 4.25. The van der Waals surface area contributed by atoms with E-state index in [2.05, 4.69) is 25.3 Å². The van der Waals surface area contributed by atoms with Gasteiger partial charge in [-0.3, -0.25) is 0 Å². The van der Waals surface area contributed by atoms with Crippen LogP contribution < -0.4 is 10.5 Å². The minimum absolute atomic E-state index is 0.527. The first-order chi connectivity index (χ1) is 8.10. The standard InChI is InChI=1S/C11H12BrN3OS/c1-3-9-14-11(17-15-9)16-10-6(2)4-7(12)5-8(10)13/h4-5H,3,13H2,1-2H3. The summed E-state index contributed by atoms with van der Waals surface area (Å²) in [6.07, 6.45) is 0.800. The fraction of sp³-hybridized carbons (Fsp3) is 0.273. The molecule has 0 saturated heterocycles. The Labute approximate surface area is 112 Å². The highest BCUT2D eigenvalue weighted by molar-refractivity contribution is 9.10. The van der Waals surface area contributed by atoms with Crippen molar-refractivity contribution in [2.45, 2.75) is 20.3 Å². The van der Waals surface area contributed by atoms with Crippen LogP contribution in [0.25, 0.3) is 0 Å². The second kappa shape index (κ2) is 5.01. The van der Waals surface area contributed by atoms with Crippen LogP contribution in [0.1, 0.15) is 18.3 Å². The lowest BCUT2D eigenvalue weighted by Gasteiger charge is -2.09. The molecule has 2 rings (SSSR count). The number of nitrogens with zero attached hydrogens (tertiary/aromatic N) is 2. The molecule has 90 valence electrons. The maximum absolute atomic E-state index is 5.91. The number of nitrogens with two attached hydrogens (primary N) is 1. The number of nitrogen functional groups attached to an aromatic ring is 1. The minimum Gasteiger partial charge on any atom is -0.427 e. The molecule has 0 radical (unpaired) electrons. The highest BCUT2D eigenvalue weighted by atomic mass is 79.9. The molecule has 0 fully saturated rings. The maximum atomic E-state index is 5.91. The molecule has 1 aromatic carbocycles. The zero-order valence-corrected chi connectivity index (χ0v) is 11.9. The van der Waals surface area contributed by atoms with Gasteiger partial charge in [-0.1, -0.05) is 22.9 Å². The SMILES string of the molecule is CCc1nsc(Oc2c(C)cc(Br)cc2N)n1. The number of aryl methyl sites for hydroxylation is 2. The fourth-order valence-electron chi connectivity index (χ4n) is 1.41. The van der Waals surface area contributed by atoms with Gasteiger partial charge < -0.3 is 10.5 Å². The van der Waals surface area contributed by atoms with Crippen LogP contribution in [-0.2, 0) is 6.42 Å². The van der Waals surface area contributed by atoms with E-state index in [9.17, 15) is 0 Å². The largest absolute Gasteiger partial charge is 0.427 e. The number of hydrogen-bond acceptors (Lipinski definition) is 5. The number of ether oxygens (including phenoxy) is 1. The lowest BCUT2D eigenvalue weighted by Crippen LogP contribution is -1.95. The monoisotopic (exact) mass is 313 g/mol. The van der Waals surface area contributed by atoms with Gasteiger partial charge in [-0.2, -0.15) is 9.36 Å². The molecule has 0 saturated carbocycles. The van der Waals surface area contributed by atoms with Crippen LogP contribution in [0.5, 0.6) is 10.9 Å². The Balaban J connectivity index is 2.29. The quantitative estimate of drug-likeness (QED) is 0.880. The van der Waals surface area contributed by atoms with E-state index in [0.717, 1.165) is 22.3 Å². The first-order valence-corrected chi connectivity index (χ1v) is 6.73. The number of hydrogen-bond donors (Lipinski definition) is 1. The van der Waals surface area contributed by atoms with Crippen molar-refractivity contribution in [2.75, 3.05) is 5.73 Å². The summed E-state index contributed by atoms with van der Waals surface area (Å²) in [5.41, 5.74) is 7.46. The van der Waals surface area contributed by atoms with Crippen LogP contribution in [0.3, 0.4) is 0 Å². The van der Waals surface area contributed by atoms with Crippen molar-refractivity contribution in [3.05, 3.63) is 28.0 Å². The summed E-state index contributed by atoms with van der Waals surface area (Å²) in [6.45, 7) is 3.95. The molecule has 0 aliphatic heterocycles. The topological polar surface area (TPSA) is 61.0 Å². The fourth-order valence-corrected chi connectivity index (χ4v) is 2.62.